The number of rotatable bonds is 2. The van der Waals surface area contributed by atoms with Crippen LogP contribution >= 0.6 is 11.6 Å². The van der Waals surface area contributed by atoms with Gasteiger partial charge in [-0.05, 0) is 30.2 Å². The van der Waals surface area contributed by atoms with E-state index in [-0.39, 0.29) is 11.8 Å². The topological polar surface area (TPSA) is 57.8 Å². The average molecular weight is 338 g/mol. The fraction of sp³-hybridized carbons (Fsp3) is 0.158. The minimum absolute atomic E-state index is 0.00934. The van der Waals surface area contributed by atoms with E-state index in [4.69, 9.17) is 11.6 Å². The van der Waals surface area contributed by atoms with Crippen molar-refractivity contribution in [1.29, 1.82) is 0 Å². The molecule has 1 aromatic heterocycles. The molecule has 24 heavy (non-hydrogen) atoms. The third-order valence-corrected chi connectivity index (χ3v) is 4.75. The van der Waals surface area contributed by atoms with Gasteiger partial charge in [0.15, 0.2) is 5.82 Å². The Hall–Kier alpha value is -2.59. The first-order valence-electron chi connectivity index (χ1n) is 7.83. The van der Waals surface area contributed by atoms with Gasteiger partial charge in [-0.15, -0.1) is 0 Å². The van der Waals surface area contributed by atoms with Crippen LogP contribution in [0.4, 0.5) is 5.82 Å². The second-order valence-corrected chi connectivity index (χ2v) is 6.47. The molecular weight excluding hydrogens is 322 g/mol. The number of aromatic nitrogens is 2. The van der Waals surface area contributed by atoms with Crippen LogP contribution in [-0.2, 0) is 4.79 Å². The van der Waals surface area contributed by atoms with Crippen molar-refractivity contribution in [1.82, 2.24) is 10.2 Å². The molecule has 0 spiro atoms. The summed E-state index contributed by atoms with van der Waals surface area (Å²) in [6, 6.07) is 15.8. The number of halogens is 1. The van der Waals surface area contributed by atoms with Crippen LogP contribution in [-0.4, -0.2) is 16.1 Å². The van der Waals surface area contributed by atoms with Crippen molar-refractivity contribution in [2.45, 2.75) is 19.3 Å². The summed E-state index contributed by atoms with van der Waals surface area (Å²) in [5.74, 6) is 0.591. The lowest BCUT2D eigenvalue weighted by molar-refractivity contribution is -0.116. The fourth-order valence-electron chi connectivity index (χ4n) is 3.34. The summed E-state index contributed by atoms with van der Waals surface area (Å²) in [5.41, 5.74) is 5.29. The monoisotopic (exact) mass is 337 g/mol. The highest BCUT2D eigenvalue weighted by Gasteiger charge is 2.32. The molecule has 0 radical (unpaired) electrons. The molecule has 0 aliphatic carbocycles. The summed E-state index contributed by atoms with van der Waals surface area (Å²) in [7, 11) is 0. The third-order valence-electron chi connectivity index (χ3n) is 4.50. The Morgan fingerprint density at radius 3 is 2.62 bits per heavy atom. The number of carbonyl (C=O) groups excluding carboxylic acids is 1. The van der Waals surface area contributed by atoms with Crippen molar-refractivity contribution in [2.24, 2.45) is 0 Å². The number of fused-ring (bicyclic) bond motifs is 1. The van der Waals surface area contributed by atoms with Crippen LogP contribution in [0.2, 0.25) is 5.02 Å². The van der Waals surface area contributed by atoms with Crippen LogP contribution in [0.3, 0.4) is 0 Å². The van der Waals surface area contributed by atoms with E-state index >= 15 is 0 Å². The molecule has 0 fully saturated rings. The molecule has 1 atom stereocenters. The number of aromatic amines is 1. The van der Waals surface area contributed by atoms with Crippen molar-refractivity contribution in [3.63, 3.8) is 0 Å². The predicted molar refractivity (Wildman–Crippen MR) is 95.3 cm³/mol. The van der Waals surface area contributed by atoms with Crippen LogP contribution in [0.15, 0.2) is 48.5 Å². The van der Waals surface area contributed by atoms with E-state index in [9.17, 15) is 4.79 Å². The standard InChI is InChI=1S/C19H16ClN3O/c1-11-4-2-3-5-14(11)15-10-16(24)21-19-17(15)18(22-23-19)12-6-8-13(20)9-7-12/h2-9,15H,10H2,1H3,(H2,21,22,23,24)/t15-/m0/s1. The Labute approximate surface area is 144 Å². The first-order chi connectivity index (χ1) is 11.6. The Morgan fingerprint density at radius 2 is 1.88 bits per heavy atom. The summed E-state index contributed by atoms with van der Waals surface area (Å²) < 4.78 is 0. The Balaban J connectivity index is 1.89. The number of aryl methyl sites for hydroxylation is 1. The van der Waals surface area contributed by atoms with Crippen LogP contribution in [0.1, 0.15) is 29.0 Å². The Morgan fingerprint density at radius 1 is 1.12 bits per heavy atom. The second-order valence-electron chi connectivity index (χ2n) is 6.03. The van der Waals surface area contributed by atoms with Crippen LogP contribution in [0.5, 0.6) is 0 Å². The normalized spacial score (nSPS) is 16.6. The van der Waals surface area contributed by atoms with Gasteiger partial charge in [0.05, 0.1) is 5.69 Å². The molecule has 120 valence electrons. The summed E-state index contributed by atoms with van der Waals surface area (Å²) in [5, 5.41) is 11.0. The zero-order valence-electron chi connectivity index (χ0n) is 13.1. The SMILES string of the molecule is Cc1ccccc1[C@@H]1CC(=O)Nc2n[nH]c(-c3ccc(Cl)cc3)c21. The molecule has 2 aromatic carbocycles. The summed E-state index contributed by atoms with van der Waals surface area (Å²) in [6.07, 6.45) is 0.415. The first kappa shape index (κ1) is 15.0. The molecule has 0 saturated carbocycles. The van der Waals surface area contributed by atoms with E-state index in [0.717, 1.165) is 22.4 Å². The van der Waals surface area contributed by atoms with Crippen molar-refractivity contribution in [3.8, 4) is 11.3 Å². The van der Waals surface area contributed by atoms with E-state index in [1.807, 2.05) is 36.4 Å². The van der Waals surface area contributed by atoms with Crippen molar-refractivity contribution in [2.75, 3.05) is 5.32 Å². The van der Waals surface area contributed by atoms with Crippen LogP contribution in [0.25, 0.3) is 11.3 Å². The molecule has 0 bridgehead atoms. The lowest BCUT2D eigenvalue weighted by atomic mass is 9.82. The van der Waals surface area contributed by atoms with Crippen LogP contribution in [0, 0.1) is 6.92 Å². The first-order valence-corrected chi connectivity index (χ1v) is 8.21. The second kappa shape index (κ2) is 5.80. The number of nitrogens with zero attached hydrogens (tertiary/aromatic N) is 1. The number of nitrogens with one attached hydrogen (secondary N) is 2. The van der Waals surface area contributed by atoms with Crippen molar-refractivity contribution >= 4 is 23.3 Å². The predicted octanol–water partition coefficient (Wildman–Crippen LogP) is 4.51. The highest BCUT2D eigenvalue weighted by Crippen LogP contribution is 2.42. The van der Waals surface area contributed by atoms with Crippen molar-refractivity contribution in [3.05, 3.63) is 70.2 Å². The lowest BCUT2D eigenvalue weighted by Crippen LogP contribution is -2.23. The van der Waals surface area contributed by atoms with E-state index < -0.39 is 0 Å². The lowest BCUT2D eigenvalue weighted by Gasteiger charge is -2.24. The van der Waals surface area contributed by atoms with Gasteiger partial charge in [-0.2, -0.15) is 5.10 Å². The quantitative estimate of drug-likeness (QED) is 0.722. The van der Waals surface area contributed by atoms with Crippen LogP contribution < -0.4 is 5.32 Å². The molecule has 2 heterocycles. The zero-order valence-corrected chi connectivity index (χ0v) is 13.9. The summed E-state index contributed by atoms with van der Waals surface area (Å²) >= 11 is 6.00. The van der Waals surface area contributed by atoms with Crippen molar-refractivity contribution < 1.29 is 4.79 Å². The highest BCUT2D eigenvalue weighted by molar-refractivity contribution is 6.30. The minimum atomic E-state index is -0.0145. The molecule has 2 N–H and O–H groups in total. The van der Waals surface area contributed by atoms with Gasteiger partial charge in [-0.25, -0.2) is 0 Å². The van der Waals surface area contributed by atoms with E-state index in [2.05, 4.69) is 34.6 Å². The smallest absolute Gasteiger partial charge is 0.226 e. The molecule has 0 unspecified atom stereocenters. The van der Waals surface area contributed by atoms with Gasteiger partial charge >= 0.3 is 0 Å². The minimum Gasteiger partial charge on any atom is -0.309 e. The zero-order chi connectivity index (χ0) is 16.7. The molecule has 1 aliphatic heterocycles. The summed E-state index contributed by atoms with van der Waals surface area (Å²) in [4.78, 5) is 12.1. The molecule has 4 rings (SSSR count). The largest absolute Gasteiger partial charge is 0.309 e. The van der Waals surface area contributed by atoms with Gasteiger partial charge in [-0.3, -0.25) is 9.89 Å². The Bertz CT molecular complexity index is 915. The number of benzene rings is 2. The van der Waals surface area contributed by atoms with Gasteiger partial charge < -0.3 is 5.32 Å². The molecule has 1 amide bonds. The average Bonchev–Trinajstić information content (AvgIpc) is 2.99. The fourth-order valence-corrected chi connectivity index (χ4v) is 3.46. The molecule has 3 aromatic rings. The van der Waals surface area contributed by atoms with Gasteiger partial charge in [-0.1, -0.05) is 48.0 Å². The molecular formula is C19H16ClN3O. The van der Waals surface area contributed by atoms with Gasteiger partial charge in [0.25, 0.3) is 0 Å². The number of anilines is 1. The molecule has 1 aliphatic rings. The number of amides is 1. The number of hydrogen-bond donors (Lipinski definition) is 2. The maximum Gasteiger partial charge on any atom is 0.226 e. The van der Waals surface area contributed by atoms with E-state index in [1.54, 1.807) is 0 Å². The molecule has 5 heteroatoms. The number of hydrogen-bond acceptors (Lipinski definition) is 2. The number of H-pyrrole nitrogens is 1. The Kier molecular flexibility index (Phi) is 3.62. The van der Waals surface area contributed by atoms with E-state index in [0.29, 0.717) is 17.3 Å². The third kappa shape index (κ3) is 2.49. The van der Waals surface area contributed by atoms with Gasteiger partial charge in [0.2, 0.25) is 5.91 Å². The van der Waals surface area contributed by atoms with Gasteiger partial charge in [0.1, 0.15) is 0 Å². The van der Waals surface area contributed by atoms with E-state index in [1.165, 1.54) is 5.56 Å². The maximum absolute atomic E-state index is 12.1. The number of carbonyl (C=O) groups is 1. The maximum atomic E-state index is 12.1. The molecule has 0 saturated heterocycles. The molecule has 4 nitrogen and oxygen atoms in total. The highest BCUT2D eigenvalue weighted by atomic mass is 35.5. The summed E-state index contributed by atoms with van der Waals surface area (Å²) in [6.45, 7) is 2.07. The van der Waals surface area contributed by atoms with Gasteiger partial charge in [0, 0.05) is 28.5 Å².